The lowest BCUT2D eigenvalue weighted by molar-refractivity contribution is -0.119. The summed E-state index contributed by atoms with van der Waals surface area (Å²) in [4.78, 5) is 29.2. The van der Waals surface area contributed by atoms with E-state index in [9.17, 15) is 22.8 Å². The van der Waals surface area contributed by atoms with Gasteiger partial charge >= 0.3 is 5.97 Å². The minimum Gasteiger partial charge on any atom is -0.452 e. The number of amides is 1. The number of hydrogen-bond acceptors (Lipinski definition) is 4. The number of pyridine rings is 1. The molecule has 1 aromatic heterocycles. The van der Waals surface area contributed by atoms with E-state index in [-0.39, 0.29) is 0 Å². The van der Waals surface area contributed by atoms with Gasteiger partial charge in [-0.05, 0) is 37.1 Å². The molecule has 1 heterocycles. The van der Waals surface area contributed by atoms with Gasteiger partial charge in [0.1, 0.15) is 0 Å². The molecule has 8 heteroatoms. The van der Waals surface area contributed by atoms with Crippen molar-refractivity contribution >= 4 is 28.5 Å². The molecule has 0 aliphatic rings. The summed E-state index contributed by atoms with van der Waals surface area (Å²) >= 11 is 0. The SMILES string of the molecule is CCc1nc2ccccc2c(C(=O)OCC(=O)Nc2ccc(F)c(F)c2F)c1C. The van der Waals surface area contributed by atoms with Crippen LogP contribution in [0.15, 0.2) is 36.4 Å². The number of carbonyl (C=O) groups excluding carboxylic acids is 2. The summed E-state index contributed by atoms with van der Waals surface area (Å²) in [6, 6.07) is 8.60. The normalized spacial score (nSPS) is 10.8. The molecule has 3 aromatic rings. The Morgan fingerprint density at radius 2 is 1.79 bits per heavy atom. The van der Waals surface area contributed by atoms with Gasteiger partial charge in [-0.15, -0.1) is 0 Å². The Morgan fingerprint density at radius 3 is 2.52 bits per heavy atom. The molecule has 0 saturated heterocycles. The molecule has 1 N–H and O–H groups in total. The second-order valence-corrected chi connectivity index (χ2v) is 6.28. The Hall–Kier alpha value is -3.42. The molecule has 0 radical (unpaired) electrons. The van der Waals surface area contributed by atoms with Gasteiger partial charge in [-0.25, -0.2) is 18.0 Å². The number of rotatable bonds is 5. The number of para-hydroxylation sites is 1. The van der Waals surface area contributed by atoms with Gasteiger partial charge in [0.2, 0.25) is 0 Å². The molecule has 0 bridgehead atoms. The van der Waals surface area contributed by atoms with Crippen LogP contribution < -0.4 is 5.32 Å². The van der Waals surface area contributed by atoms with E-state index in [2.05, 4.69) is 4.98 Å². The summed E-state index contributed by atoms with van der Waals surface area (Å²) in [5.41, 5.74) is 1.73. The van der Waals surface area contributed by atoms with Gasteiger partial charge in [0.05, 0.1) is 16.8 Å². The number of nitrogens with one attached hydrogen (secondary N) is 1. The number of aryl methyl sites for hydroxylation is 1. The zero-order valence-electron chi connectivity index (χ0n) is 15.7. The third-order valence-electron chi connectivity index (χ3n) is 4.42. The zero-order valence-corrected chi connectivity index (χ0v) is 15.7. The zero-order chi connectivity index (χ0) is 21.1. The molecule has 0 aliphatic carbocycles. The molecule has 0 unspecified atom stereocenters. The molecule has 2 aromatic carbocycles. The third kappa shape index (κ3) is 4.06. The van der Waals surface area contributed by atoms with Crippen LogP contribution in [0.2, 0.25) is 0 Å². The van der Waals surface area contributed by atoms with Crippen molar-refractivity contribution in [1.29, 1.82) is 0 Å². The second kappa shape index (κ2) is 8.30. The lowest BCUT2D eigenvalue weighted by Crippen LogP contribution is -2.22. The minimum absolute atomic E-state index is 0.291. The lowest BCUT2D eigenvalue weighted by atomic mass is 10.0. The van der Waals surface area contributed by atoms with Crippen LogP contribution in [-0.4, -0.2) is 23.5 Å². The number of aromatic nitrogens is 1. The molecule has 1 amide bonds. The topological polar surface area (TPSA) is 68.3 Å². The molecule has 0 spiro atoms. The van der Waals surface area contributed by atoms with Crippen LogP contribution in [0.25, 0.3) is 10.9 Å². The number of anilines is 1. The highest BCUT2D eigenvalue weighted by Gasteiger charge is 2.20. The van der Waals surface area contributed by atoms with Gasteiger partial charge in [-0.3, -0.25) is 9.78 Å². The van der Waals surface area contributed by atoms with E-state index in [1.807, 2.05) is 12.2 Å². The Labute approximate surface area is 164 Å². The Balaban J connectivity index is 1.78. The molecule has 5 nitrogen and oxygen atoms in total. The van der Waals surface area contributed by atoms with Crippen molar-refractivity contribution in [2.45, 2.75) is 20.3 Å². The summed E-state index contributed by atoms with van der Waals surface area (Å²) < 4.78 is 44.9. The summed E-state index contributed by atoms with van der Waals surface area (Å²) in [7, 11) is 0. The van der Waals surface area contributed by atoms with Crippen LogP contribution in [0.3, 0.4) is 0 Å². The van der Waals surface area contributed by atoms with Crippen LogP contribution >= 0.6 is 0 Å². The Morgan fingerprint density at radius 1 is 1.07 bits per heavy atom. The molecule has 0 aliphatic heterocycles. The predicted octanol–water partition coefficient (Wildman–Crippen LogP) is 4.32. The van der Waals surface area contributed by atoms with Crippen molar-refractivity contribution < 1.29 is 27.5 Å². The lowest BCUT2D eigenvalue weighted by Gasteiger charge is -2.13. The number of halogens is 3. The van der Waals surface area contributed by atoms with Gasteiger partial charge in [-0.2, -0.15) is 0 Å². The first-order chi connectivity index (χ1) is 13.8. The first kappa shape index (κ1) is 20.3. The van der Waals surface area contributed by atoms with Crippen molar-refractivity contribution in [2.75, 3.05) is 11.9 Å². The molecule has 29 heavy (non-hydrogen) atoms. The maximum atomic E-state index is 13.7. The fourth-order valence-electron chi connectivity index (χ4n) is 2.98. The van der Waals surface area contributed by atoms with E-state index in [0.29, 0.717) is 34.5 Å². The molecular weight excluding hydrogens is 385 g/mol. The molecular formula is C21H17F3N2O3. The van der Waals surface area contributed by atoms with E-state index in [4.69, 9.17) is 4.74 Å². The summed E-state index contributed by atoms with van der Waals surface area (Å²) in [6.45, 7) is 2.92. The van der Waals surface area contributed by atoms with E-state index in [0.717, 1.165) is 11.8 Å². The summed E-state index contributed by atoms with van der Waals surface area (Å²) in [5.74, 6) is -6.25. The minimum atomic E-state index is -1.70. The molecule has 0 atom stereocenters. The van der Waals surface area contributed by atoms with E-state index in [1.165, 1.54) is 0 Å². The number of carbonyl (C=O) groups is 2. The first-order valence-electron chi connectivity index (χ1n) is 8.82. The number of ether oxygens (including phenoxy) is 1. The van der Waals surface area contributed by atoms with Crippen molar-refractivity contribution in [2.24, 2.45) is 0 Å². The van der Waals surface area contributed by atoms with Crippen LogP contribution in [0.4, 0.5) is 18.9 Å². The Kier molecular flexibility index (Phi) is 5.81. The van der Waals surface area contributed by atoms with Crippen molar-refractivity contribution in [3.63, 3.8) is 0 Å². The highest BCUT2D eigenvalue weighted by atomic mass is 19.2. The van der Waals surface area contributed by atoms with Crippen LogP contribution in [0.5, 0.6) is 0 Å². The van der Waals surface area contributed by atoms with E-state index < -0.39 is 41.6 Å². The number of hydrogen-bond donors (Lipinski definition) is 1. The monoisotopic (exact) mass is 402 g/mol. The average molecular weight is 402 g/mol. The maximum Gasteiger partial charge on any atom is 0.339 e. The summed E-state index contributed by atoms with van der Waals surface area (Å²) in [5, 5.41) is 2.63. The van der Waals surface area contributed by atoms with Gasteiger partial charge < -0.3 is 10.1 Å². The fraction of sp³-hybridized carbons (Fsp3) is 0.190. The van der Waals surface area contributed by atoms with Gasteiger partial charge in [0, 0.05) is 11.1 Å². The first-order valence-corrected chi connectivity index (χ1v) is 8.82. The molecule has 150 valence electrons. The van der Waals surface area contributed by atoms with Crippen molar-refractivity contribution in [3.05, 3.63) is 70.7 Å². The predicted molar refractivity (Wildman–Crippen MR) is 101 cm³/mol. The number of fused-ring (bicyclic) bond motifs is 1. The van der Waals surface area contributed by atoms with Crippen LogP contribution in [0.1, 0.15) is 28.5 Å². The average Bonchev–Trinajstić information content (AvgIpc) is 2.72. The standard InChI is InChI=1S/C21H17F3N2O3/c1-3-14-11(2)18(12-6-4-5-7-15(12)25-14)21(28)29-10-17(27)26-16-9-8-13(22)19(23)20(16)24/h4-9H,3,10H2,1-2H3,(H,26,27). The van der Waals surface area contributed by atoms with Gasteiger partial charge in [0.15, 0.2) is 24.1 Å². The highest BCUT2D eigenvalue weighted by Crippen LogP contribution is 2.24. The van der Waals surface area contributed by atoms with Crippen molar-refractivity contribution in [1.82, 2.24) is 4.98 Å². The second-order valence-electron chi connectivity index (χ2n) is 6.28. The fourth-order valence-corrected chi connectivity index (χ4v) is 2.98. The molecule has 0 saturated carbocycles. The van der Waals surface area contributed by atoms with Gasteiger partial charge in [-0.1, -0.05) is 25.1 Å². The number of esters is 1. The smallest absolute Gasteiger partial charge is 0.339 e. The van der Waals surface area contributed by atoms with Gasteiger partial charge in [0.25, 0.3) is 5.91 Å². The van der Waals surface area contributed by atoms with E-state index >= 15 is 0 Å². The molecule has 3 rings (SSSR count). The van der Waals surface area contributed by atoms with Crippen LogP contribution in [-0.2, 0) is 16.0 Å². The maximum absolute atomic E-state index is 13.7. The quantitative estimate of drug-likeness (QED) is 0.510. The Bertz CT molecular complexity index is 1120. The number of nitrogens with zero attached hydrogens (tertiary/aromatic N) is 1. The number of benzene rings is 2. The largest absolute Gasteiger partial charge is 0.452 e. The third-order valence-corrected chi connectivity index (χ3v) is 4.42. The summed E-state index contributed by atoms with van der Waals surface area (Å²) in [6.07, 6.45) is 0.604. The molecule has 0 fully saturated rings. The van der Waals surface area contributed by atoms with Crippen molar-refractivity contribution in [3.8, 4) is 0 Å². The highest BCUT2D eigenvalue weighted by molar-refractivity contribution is 6.05. The van der Waals surface area contributed by atoms with E-state index in [1.54, 1.807) is 31.2 Å². The van der Waals surface area contributed by atoms with Crippen LogP contribution in [0, 0.1) is 24.4 Å².